The molecule has 1 N–H and O–H groups in total. The summed E-state index contributed by atoms with van der Waals surface area (Å²) in [6.07, 6.45) is -17.6. The SMILES string of the molecule is O=C(/C=C(\O)OC(C(F)(F)F)C(F)(F)F)c1c(F)c(F)c(F)c(F)c1F. The number of benzene rings is 1. The molecular weight excluding hydrogens is 401 g/mol. The first kappa shape index (κ1) is 21.5. The van der Waals surface area contributed by atoms with Crippen LogP contribution < -0.4 is 0 Å². The van der Waals surface area contributed by atoms with E-state index in [2.05, 4.69) is 4.74 Å². The second-order valence-corrected chi connectivity index (χ2v) is 4.37. The van der Waals surface area contributed by atoms with Crippen LogP contribution in [0.15, 0.2) is 12.0 Å². The highest BCUT2D eigenvalue weighted by Crippen LogP contribution is 2.36. The molecule has 0 amide bonds. The molecule has 26 heavy (non-hydrogen) atoms. The predicted molar refractivity (Wildman–Crippen MR) is 58.3 cm³/mol. The number of hydrogen-bond donors (Lipinski definition) is 1. The lowest BCUT2D eigenvalue weighted by atomic mass is 10.1. The maximum Gasteiger partial charge on any atom is 0.434 e. The van der Waals surface area contributed by atoms with Crippen molar-refractivity contribution >= 4 is 5.78 Å². The van der Waals surface area contributed by atoms with Crippen LogP contribution in [0.2, 0.25) is 0 Å². The summed E-state index contributed by atoms with van der Waals surface area (Å²) in [5, 5.41) is 8.86. The van der Waals surface area contributed by atoms with E-state index < -0.39 is 70.9 Å². The number of carbonyl (C=O) groups excluding carboxylic acids is 1. The summed E-state index contributed by atoms with van der Waals surface area (Å²) in [5.74, 6) is -18.1. The van der Waals surface area contributed by atoms with E-state index >= 15 is 0 Å². The van der Waals surface area contributed by atoms with E-state index in [-0.39, 0.29) is 0 Å². The zero-order chi connectivity index (χ0) is 20.6. The number of hydrogen-bond acceptors (Lipinski definition) is 3. The molecule has 0 aliphatic carbocycles. The van der Waals surface area contributed by atoms with Gasteiger partial charge in [-0.1, -0.05) is 0 Å². The summed E-state index contributed by atoms with van der Waals surface area (Å²) >= 11 is 0. The van der Waals surface area contributed by atoms with E-state index in [1.807, 2.05) is 0 Å². The standard InChI is InChI=1S/C12H3F11O3/c13-5-4(6(14)8(16)9(17)7(5)15)2(24)1-3(25)26-10(11(18,19)20)12(21,22)23/h1,10,25H/b3-1+. The second kappa shape index (κ2) is 6.99. The number of ketones is 1. The van der Waals surface area contributed by atoms with Gasteiger partial charge in [0.25, 0.3) is 12.0 Å². The van der Waals surface area contributed by atoms with Gasteiger partial charge in [0.05, 0.1) is 11.6 Å². The quantitative estimate of drug-likeness (QED) is 0.201. The zero-order valence-electron chi connectivity index (χ0n) is 11.6. The van der Waals surface area contributed by atoms with Crippen LogP contribution >= 0.6 is 0 Å². The summed E-state index contributed by atoms with van der Waals surface area (Å²) in [6.45, 7) is 0. The predicted octanol–water partition coefficient (Wildman–Crippen LogP) is 4.47. The van der Waals surface area contributed by atoms with Crippen LogP contribution in [0.1, 0.15) is 10.4 Å². The Labute approximate surface area is 135 Å². The number of ether oxygens (including phenoxy) is 1. The minimum absolute atomic E-state index is 0.719. The molecule has 0 saturated heterocycles. The van der Waals surface area contributed by atoms with E-state index in [0.29, 0.717) is 0 Å². The molecule has 0 atom stereocenters. The fourth-order valence-corrected chi connectivity index (χ4v) is 1.48. The molecule has 1 rings (SSSR count). The summed E-state index contributed by atoms with van der Waals surface area (Å²) in [4.78, 5) is 11.4. The summed E-state index contributed by atoms with van der Waals surface area (Å²) in [5.41, 5.74) is -2.23. The van der Waals surface area contributed by atoms with Gasteiger partial charge in [0.15, 0.2) is 29.1 Å². The normalized spacial score (nSPS) is 13.3. The van der Waals surface area contributed by atoms with Crippen molar-refractivity contribution in [3.63, 3.8) is 0 Å². The lowest BCUT2D eigenvalue weighted by Crippen LogP contribution is -2.44. The van der Waals surface area contributed by atoms with Crippen molar-refractivity contribution in [3.8, 4) is 0 Å². The van der Waals surface area contributed by atoms with E-state index in [1.165, 1.54) is 0 Å². The van der Waals surface area contributed by atoms with Crippen LogP contribution in [-0.2, 0) is 4.74 Å². The molecule has 146 valence electrons. The third kappa shape index (κ3) is 4.35. The van der Waals surface area contributed by atoms with Crippen LogP contribution in [0, 0.1) is 29.1 Å². The van der Waals surface area contributed by atoms with Crippen LogP contribution in [0.4, 0.5) is 48.3 Å². The number of rotatable bonds is 4. The van der Waals surface area contributed by atoms with E-state index in [9.17, 15) is 53.1 Å². The molecular formula is C12H3F11O3. The van der Waals surface area contributed by atoms with Gasteiger partial charge in [-0.2, -0.15) is 26.3 Å². The van der Waals surface area contributed by atoms with Crippen LogP contribution in [0.5, 0.6) is 0 Å². The second-order valence-electron chi connectivity index (χ2n) is 4.37. The van der Waals surface area contributed by atoms with Crippen molar-refractivity contribution in [1.29, 1.82) is 0 Å². The monoisotopic (exact) mass is 404 g/mol. The number of carbonyl (C=O) groups is 1. The number of alkyl halides is 6. The molecule has 14 heteroatoms. The van der Waals surface area contributed by atoms with E-state index in [4.69, 9.17) is 5.11 Å². The minimum Gasteiger partial charge on any atom is -0.481 e. The zero-order valence-corrected chi connectivity index (χ0v) is 11.6. The number of aliphatic hydroxyl groups excluding tert-OH is 1. The van der Waals surface area contributed by atoms with Gasteiger partial charge in [-0.3, -0.25) is 4.79 Å². The molecule has 0 radical (unpaired) electrons. The molecule has 0 aromatic heterocycles. The van der Waals surface area contributed by atoms with Crippen molar-refractivity contribution in [1.82, 2.24) is 0 Å². The fourth-order valence-electron chi connectivity index (χ4n) is 1.48. The summed E-state index contributed by atoms with van der Waals surface area (Å²) < 4.78 is 141. The van der Waals surface area contributed by atoms with Gasteiger partial charge in [0.2, 0.25) is 5.82 Å². The van der Waals surface area contributed by atoms with Gasteiger partial charge in [-0.15, -0.1) is 0 Å². The summed E-state index contributed by atoms with van der Waals surface area (Å²) in [6, 6.07) is 0. The third-order valence-electron chi connectivity index (χ3n) is 2.54. The Kier molecular flexibility index (Phi) is 5.78. The van der Waals surface area contributed by atoms with Gasteiger partial charge in [-0.25, -0.2) is 22.0 Å². The van der Waals surface area contributed by atoms with Crippen LogP contribution in [-0.4, -0.2) is 29.3 Å². The Morgan fingerprint density at radius 3 is 1.50 bits per heavy atom. The molecule has 3 nitrogen and oxygen atoms in total. The largest absolute Gasteiger partial charge is 0.481 e. The Hall–Kier alpha value is -2.54. The Morgan fingerprint density at radius 2 is 1.15 bits per heavy atom. The van der Waals surface area contributed by atoms with Gasteiger partial charge >= 0.3 is 12.4 Å². The first-order valence-corrected chi connectivity index (χ1v) is 5.85. The smallest absolute Gasteiger partial charge is 0.434 e. The fraction of sp³-hybridized carbons (Fsp3) is 0.250. The highest BCUT2D eigenvalue weighted by Gasteiger charge is 2.59. The molecule has 0 saturated carbocycles. The van der Waals surface area contributed by atoms with E-state index in [1.54, 1.807) is 0 Å². The van der Waals surface area contributed by atoms with Gasteiger partial charge in [0.1, 0.15) is 0 Å². The average Bonchev–Trinajstić information content (AvgIpc) is 2.46. The van der Waals surface area contributed by atoms with E-state index in [0.717, 1.165) is 0 Å². The lowest BCUT2D eigenvalue weighted by Gasteiger charge is -2.22. The summed E-state index contributed by atoms with van der Waals surface area (Å²) in [7, 11) is 0. The Balaban J connectivity index is 3.28. The number of halogens is 11. The van der Waals surface area contributed by atoms with Crippen molar-refractivity contribution in [3.05, 3.63) is 46.7 Å². The number of allylic oxidation sites excluding steroid dienone is 1. The maximum atomic E-state index is 13.3. The topological polar surface area (TPSA) is 46.5 Å². The molecule has 0 spiro atoms. The minimum atomic E-state index is -6.12. The highest BCUT2D eigenvalue weighted by atomic mass is 19.4. The van der Waals surface area contributed by atoms with Crippen molar-refractivity contribution < 1.29 is 62.9 Å². The van der Waals surface area contributed by atoms with Crippen LogP contribution in [0.25, 0.3) is 0 Å². The molecule has 0 bridgehead atoms. The molecule has 0 aliphatic rings. The molecule has 1 aromatic carbocycles. The molecule has 0 unspecified atom stereocenters. The molecule has 0 heterocycles. The van der Waals surface area contributed by atoms with Gasteiger partial charge in [-0.05, 0) is 0 Å². The van der Waals surface area contributed by atoms with Gasteiger partial charge < -0.3 is 9.84 Å². The molecule has 1 aromatic rings. The highest BCUT2D eigenvalue weighted by molar-refractivity contribution is 6.05. The number of aliphatic hydroxyl groups is 1. The molecule has 0 fully saturated rings. The third-order valence-corrected chi connectivity index (χ3v) is 2.54. The van der Waals surface area contributed by atoms with Crippen molar-refractivity contribution in [2.45, 2.75) is 18.5 Å². The molecule has 0 aliphatic heterocycles. The van der Waals surface area contributed by atoms with Gasteiger partial charge in [0, 0.05) is 0 Å². The Bertz CT molecular complexity index is 705. The van der Waals surface area contributed by atoms with Crippen molar-refractivity contribution in [2.75, 3.05) is 0 Å². The first-order chi connectivity index (χ1) is 11.6. The van der Waals surface area contributed by atoms with Crippen LogP contribution in [0.3, 0.4) is 0 Å². The average molecular weight is 404 g/mol. The lowest BCUT2D eigenvalue weighted by molar-refractivity contribution is -0.319. The van der Waals surface area contributed by atoms with Crippen molar-refractivity contribution in [2.24, 2.45) is 0 Å². The maximum absolute atomic E-state index is 13.3. The Morgan fingerprint density at radius 1 is 0.808 bits per heavy atom. The first-order valence-electron chi connectivity index (χ1n) is 5.85.